The van der Waals surface area contributed by atoms with E-state index in [0.29, 0.717) is 6.61 Å². The fourth-order valence-electron chi connectivity index (χ4n) is 6.53. The minimum Gasteiger partial charge on any atom is -0.396 e. The highest BCUT2D eigenvalue weighted by molar-refractivity contribution is 5.01. The first-order valence-corrected chi connectivity index (χ1v) is 9.08. The van der Waals surface area contributed by atoms with Crippen molar-refractivity contribution >= 4 is 0 Å². The Balaban J connectivity index is 1.31. The summed E-state index contributed by atoms with van der Waals surface area (Å²) in [5, 5.41) is 9.08. The van der Waals surface area contributed by atoms with Crippen molar-refractivity contribution in [3.05, 3.63) is 0 Å². The summed E-state index contributed by atoms with van der Waals surface area (Å²) in [4.78, 5) is 2.69. The van der Waals surface area contributed by atoms with Gasteiger partial charge in [-0.1, -0.05) is 0 Å². The van der Waals surface area contributed by atoms with Gasteiger partial charge in [0.15, 0.2) is 0 Å². The predicted octanol–water partition coefficient (Wildman–Crippen LogP) is 3.30. The predicted molar refractivity (Wildman–Crippen MR) is 81.5 cm³/mol. The lowest BCUT2D eigenvalue weighted by atomic mass is 9.49. The fourth-order valence-corrected chi connectivity index (χ4v) is 6.53. The van der Waals surface area contributed by atoms with Crippen LogP contribution in [0.25, 0.3) is 0 Å². The Morgan fingerprint density at radius 2 is 1.65 bits per heavy atom. The molecule has 1 saturated heterocycles. The molecule has 0 aromatic heterocycles. The van der Waals surface area contributed by atoms with Crippen LogP contribution in [0.3, 0.4) is 0 Å². The molecule has 0 spiro atoms. The average molecular weight is 277 g/mol. The van der Waals surface area contributed by atoms with E-state index in [9.17, 15) is 0 Å². The zero-order valence-electron chi connectivity index (χ0n) is 12.9. The van der Waals surface area contributed by atoms with E-state index in [1.807, 2.05) is 0 Å². The van der Waals surface area contributed by atoms with E-state index in [1.54, 1.807) is 38.5 Å². The quantitative estimate of drug-likeness (QED) is 0.833. The van der Waals surface area contributed by atoms with Crippen LogP contribution in [0.4, 0.5) is 0 Å². The minimum absolute atomic E-state index is 0.382. The van der Waals surface area contributed by atoms with Gasteiger partial charge >= 0.3 is 0 Å². The van der Waals surface area contributed by atoms with Crippen LogP contribution in [-0.2, 0) is 0 Å². The standard InChI is InChI=1S/C18H31NO/c20-6-2-14-1-4-19(13-14)5-3-18-10-15-7-16(11-18)9-17(8-15)12-18/h14-17,20H,1-13H2. The lowest BCUT2D eigenvalue weighted by Crippen LogP contribution is -2.47. The Morgan fingerprint density at radius 1 is 1.00 bits per heavy atom. The molecule has 0 aromatic carbocycles. The molecule has 4 saturated carbocycles. The first-order chi connectivity index (χ1) is 9.75. The molecule has 1 heterocycles. The van der Waals surface area contributed by atoms with Crippen LogP contribution in [0.1, 0.15) is 57.8 Å². The topological polar surface area (TPSA) is 23.5 Å². The van der Waals surface area contributed by atoms with Gasteiger partial charge < -0.3 is 10.0 Å². The molecule has 4 aliphatic carbocycles. The van der Waals surface area contributed by atoms with Crippen molar-refractivity contribution in [2.24, 2.45) is 29.1 Å². The van der Waals surface area contributed by atoms with Gasteiger partial charge in [0.25, 0.3) is 0 Å². The second kappa shape index (κ2) is 5.28. The van der Waals surface area contributed by atoms with Gasteiger partial charge in [-0.05, 0) is 100.0 Å². The van der Waals surface area contributed by atoms with Gasteiger partial charge in [-0.25, -0.2) is 0 Å². The van der Waals surface area contributed by atoms with Crippen molar-refractivity contribution in [3.8, 4) is 0 Å². The molecule has 114 valence electrons. The molecule has 2 nitrogen and oxygen atoms in total. The van der Waals surface area contributed by atoms with Crippen LogP contribution in [0, 0.1) is 29.1 Å². The van der Waals surface area contributed by atoms with Crippen LogP contribution in [-0.4, -0.2) is 36.2 Å². The zero-order valence-corrected chi connectivity index (χ0v) is 12.9. The van der Waals surface area contributed by atoms with E-state index in [2.05, 4.69) is 4.90 Å². The lowest BCUT2D eigenvalue weighted by molar-refractivity contribution is -0.0604. The van der Waals surface area contributed by atoms with Gasteiger partial charge in [0.1, 0.15) is 0 Å². The minimum atomic E-state index is 0.382. The monoisotopic (exact) mass is 277 g/mol. The smallest absolute Gasteiger partial charge is 0.0434 e. The molecule has 1 N–H and O–H groups in total. The van der Waals surface area contributed by atoms with Gasteiger partial charge in [-0.15, -0.1) is 0 Å². The van der Waals surface area contributed by atoms with E-state index in [4.69, 9.17) is 5.11 Å². The number of likely N-dealkylation sites (tertiary alicyclic amines) is 1. The summed E-state index contributed by atoms with van der Waals surface area (Å²) in [5.41, 5.74) is 0.754. The van der Waals surface area contributed by atoms with Crippen molar-refractivity contribution in [2.75, 3.05) is 26.2 Å². The maximum atomic E-state index is 9.08. The van der Waals surface area contributed by atoms with Crippen molar-refractivity contribution in [2.45, 2.75) is 57.8 Å². The van der Waals surface area contributed by atoms with Gasteiger partial charge in [-0.3, -0.25) is 0 Å². The average Bonchev–Trinajstić information content (AvgIpc) is 2.83. The maximum absolute atomic E-state index is 9.08. The highest BCUT2D eigenvalue weighted by atomic mass is 16.3. The molecule has 0 aromatic rings. The van der Waals surface area contributed by atoms with Crippen molar-refractivity contribution in [1.29, 1.82) is 0 Å². The maximum Gasteiger partial charge on any atom is 0.0434 e. The number of hydrogen-bond donors (Lipinski definition) is 1. The van der Waals surface area contributed by atoms with Crippen molar-refractivity contribution in [1.82, 2.24) is 4.90 Å². The third kappa shape index (κ3) is 2.54. The summed E-state index contributed by atoms with van der Waals surface area (Å²) in [5.74, 6) is 4.07. The summed E-state index contributed by atoms with van der Waals surface area (Å²) in [6.45, 7) is 4.27. The molecule has 0 amide bonds. The molecule has 1 atom stereocenters. The molecule has 2 heteroatoms. The normalized spacial score (nSPS) is 47.2. The van der Waals surface area contributed by atoms with Crippen LogP contribution >= 0.6 is 0 Å². The molecule has 0 radical (unpaired) electrons. The van der Waals surface area contributed by atoms with Crippen molar-refractivity contribution < 1.29 is 5.11 Å². The lowest BCUT2D eigenvalue weighted by Gasteiger charge is -2.57. The SMILES string of the molecule is OCCC1CCN(CCC23CC4CC(CC(C4)C2)C3)C1. The van der Waals surface area contributed by atoms with Crippen LogP contribution in [0.15, 0.2) is 0 Å². The number of nitrogens with zero attached hydrogens (tertiary/aromatic N) is 1. The summed E-state index contributed by atoms with van der Waals surface area (Å²) >= 11 is 0. The zero-order chi connectivity index (χ0) is 13.6. The second-order valence-electron chi connectivity index (χ2n) is 8.64. The van der Waals surface area contributed by atoms with Gasteiger partial charge in [0, 0.05) is 13.2 Å². The Kier molecular flexibility index (Phi) is 3.58. The number of aliphatic hydroxyl groups is 1. The first kappa shape index (κ1) is 13.6. The summed E-state index contributed by atoms with van der Waals surface area (Å²) in [7, 11) is 0. The Labute approximate surface area is 123 Å². The van der Waals surface area contributed by atoms with E-state index >= 15 is 0 Å². The summed E-state index contributed by atoms with van der Waals surface area (Å²) in [6.07, 6.45) is 13.2. The molecular weight excluding hydrogens is 246 g/mol. The molecule has 20 heavy (non-hydrogen) atoms. The molecule has 1 unspecified atom stereocenters. The number of aliphatic hydroxyl groups excluding tert-OH is 1. The second-order valence-corrected chi connectivity index (χ2v) is 8.64. The van der Waals surface area contributed by atoms with Crippen LogP contribution < -0.4 is 0 Å². The van der Waals surface area contributed by atoms with Gasteiger partial charge in [0.05, 0.1) is 0 Å². The van der Waals surface area contributed by atoms with E-state index in [-0.39, 0.29) is 0 Å². The molecule has 5 rings (SSSR count). The highest BCUT2D eigenvalue weighted by Crippen LogP contribution is 2.61. The largest absolute Gasteiger partial charge is 0.396 e. The van der Waals surface area contributed by atoms with E-state index < -0.39 is 0 Å². The van der Waals surface area contributed by atoms with E-state index in [0.717, 1.165) is 35.5 Å². The van der Waals surface area contributed by atoms with Gasteiger partial charge in [0.2, 0.25) is 0 Å². The Bertz CT molecular complexity index is 318. The molecular formula is C18H31NO. The third-order valence-corrected chi connectivity index (χ3v) is 7.03. The van der Waals surface area contributed by atoms with Gasteiger partial charge in [-0.2, -0.15) is 0 Å². The van der Waals surface area contributed by atoms with Crippen LogP contribution in [0.5, 0.6) is 0 Å². The Morgan fingerprint density at radius 3 is 2.25 bits per heavy atom. The van der Waals surface area contributed by atoms with Crippen molar-refractivity contribution in [3.63, 3.8) is 0 Å². The Hall–Kier alpha value is -0.0800. The van der Waals surface area contributed by atoms with Crippen LogP contribution in [0.2, 0.25) is 0 Å². The summed E-state index contributed by atoms with van der Waals surface area (Å²) < 4.78 is 0. The summed E-state index contributed by atoms with van der Waals surface area (Å²) in [6, 6.07) is 0. The third-order valence-electron chi connectivity index (χ3n) is 7.03. The highest BCUT2D eigenvalue weighted by Gasteiger charge is 2.50. The molecule has 5 aliphatic rings. The molecule has 4 bridgehead atoms. The number of hydrogen-bond acceptors (Lipinski definition) is 2. The molecule has 1 aliphatic heterocycles. The van der Waals surface area contributed by atoms with E-state index in [1.165, 1.54) is 32.5 Å². The number of rotatable bonds is 5. The fraction of sp³-hybridized carbons (Fsp3) is 1.00. The molecule has 5 fully saturated rings. The first-order valence-electron chi connectivity index (χ1n) is 9.08.